The van der Waals surface area contributed by atoms with E-state index in [0.29, 0.717) is 46.2 Å². The molecule has 0 aliphatic heterocycles. The predicted molar refractivity (Wildman–Crippen MR) is 106 cm³/mol. The Kier molecular flexibility index (Phi) is 6.27. The molecule has 5 nitrogen and oxygen atoms in total. The number of carbonyl (C=O) groups excluding carboxylic acids is 2. The molecular formula is C20H17Cl2N3O2. The third kappa shape index (κ3) is 4.96. The van der Waals surface area contributed by atoms with Gasteiger partial charge in [-0.1, -0.05) is 41.4 Å². The Balaban J connectivity index is 1.64. The molecule has 0 aliphatic rings. The largest absolute Gasteiger partial charge is 0.352 e. The molecule has 1 N–H and O–H groups in total. The van der Waals surface area contributed by atoms with Crippen LogP contribution in [-0.2, 0) is 6.54 Å². The first-order valence-electron chi connectivity index (χ1n) is 8.40. The Morgan fingerprint density at radius 3 is 2.33 bits per heavy atom. The van der Waals surface area contributed by atoms with Crippen LogP contribution < -0.4 is 5.32 Å². The summed E-state index contributed by atoms with van der Waals surface area (Å²) in [5, 5.41) is 8.06. The first-order chi connectivity index (χ1) is 13.0. The van der Waals surface area contributed by atoms with Gasteiger partial charge in [-0.15, -0.1) is 0 Å². The number of hydrogen-bond donors (Lipinski definition) is 1. The third-order valence-corrected chi connectivity index (χ3v) is 4.42. The van der Waals surface area contributed by atoms with Crippen LogP contribution in [0.15, 0.2) is 60.9 Å². The van der Waals surface area contributed by atoms with Crippen molar-refractivity contribution in [3.05, 3.63) is 87.7 Å². The van der Waals surface area contributed by atoms with Crippen LogP contribution in [0.25, 0.3) is 0 Å². The molecule has 7 heteroatoms. The fraction of sp³-hybridized carbons (Fsp3) is 0.150. The number of carbonyl (C=O) groups is 2. The summed E-state index contributed by atoms with van der Waals surface area (Å²) in [6.45, 7) is 1.10. The van der Waals surface area contributed by atoms with E-state index in [1.165, 1.54) is 0 Å². The van der Waals surface area contributed by atoms with Crippen molar-refractivity contribution in [1.29, 1.82) is 0 Å². The van der Waals surface area contributed by atoms with Crippen molar-refractivity contribution in [1.82, 2.24) is 15.1 Å². The second-order valence-electron chi connectivity index (χ2n) is 5.91. The lowest BCUT2D eigenvalue weighted by molar-refractivity contribution is 0.0941. The van der Waals surface area contributed by atoms with Gasteiger partial charge in [-0.2, -0.15) is 5.10 Å². The van der Waals surface area contributed by atoms with Crippen molar-refractivity contribution >= 4 is 34.9 Å². The fourth-order valence-corrected chi connectivity index (χ4v) is 2.92. The zero-order chi connectivity index (χ0) is 19.2. The average molecular weight is 402 g/mol. The lowest BCUT2D eigenvalue weighted by Gasteiger charge is -2.10. The van der Waals surface area contributed by atoms with Crippen LogP contribution in [0.3, 0.4) is 0 Å². The Morgan fingerprint density at radius 2 is 1.67 bits per heavy atom. The van der Waals surface area contributed by atoms with E-state index in [-0.39, 0.29) is 11.7 Å². The maximum atomic E-state index is 12.8. The molecule has 0 aliphatic carbocycles. The highest BCUT2D eigenvalue weighted by atomic mass is 35.5. The Labute approximate surface area is 166 Å². The number of halogens is 2. The monoisotopic (exact) mass is 401 g/mol. The van der Waals surface area contributed by atoms with Gasteiger partial charge in [0.2, 0.25) is 0 Å². The number of benzene rings is 2. The van der Waals surface area contributed by atoms with Crippen molar-refractivity contribution in [3.8, 4) is 0 Å². The lowest BCUT2D eigenvalue weighted by Crippen LogP contribution is -2.27. The van der Waals surface area contributed by atoms with E-state index in [1.807, 2.05) is 0 Å². The molecule has 1 amide bonds. The third-order valence-electron chi connectivity index (χ3n) is 3.97. The van der Waals surface area contributed by atoms with E-state index in [0.717, 1.165) is 0 Å². The summed E-state index contributed by atoms with van der Waals surface area (Å²) >= 11 is 11.7. The van der Waals surface area contributed by atoms with E-state index in [9.17, 15) is 9.59 Å². The van der Waals surface area contributed by atoms with Gasteiger partial charge in [0.25, 0.3) is 5.91 Å². The van der Waals surface area contributed by atoms with Crippen LogP contribution in [0.2, 0.25) is 10.0 Å². The molecule has 2 aromatic carbocycles. The molecule has 1 heterocycles. The molecule has 0 atom stereocenters. The zero-order valence-corrected chi connectivity index (χ0v) is 15.9. The van der Waals surface area contributed by atoms with Crippen molar-refractivity contribution in [2.45, 2.75) is 13.0 Å². The summed E-state index contributed by atoms with van der Waals surface area (Å²) in [5.74, 6) is -0.505. The Morgan fingerprint density at radius 1 is 0.963 bits per heavy atom. The first kappa shape index (κ1) is 19.1. The second-order valence-corrected chi connectivity index (χ2v) is 6.79. The number of aromatic nitrogens is 2. The molecule has 0 spiro atoms. The van der Waals surface area contributed by atoms with Gasteiger partial charge in [-0.25, -0.2) is 0 Å². The van der Waals surface area contributed by atoms with Gasteiger partial charge in [-0.3, -0.25) is 14.3 Å². The molecule has 0 saturated heterocycles. The van der Waals surface area contributed by atoms with Gasteiger partial charge in [0.15, 0.2) is 5.78 Å². The molecule has 0 fully saturated rings. The van der Waals surface area contributed by atoms with E-state index >= 15 is 0 Å². The molecule has 1 aromatic heterocycles. The second kappa shape index (κ2) is 8.84. The minimum atomic E-state index is -0.286. The minimum Gasteiger partial charge on any atom is -0.352 e. The van der Waals surface area contributed by atoms with Crippen molar-refractivity contribution in [2.24, 2.45) is 0 Å². The van der Waals surface area contributed by atoms with Crippen molar-refractivity contribution < 1.29 is 9.59 Å². The van der Waals surface area contributed by atoms with Crippen LogP contribution in [0, 0.1) is 0 Å². The highest BCUT2D eigenvalue weighted by molar-refractivity contribution is 6.31. The Hall–Kier alpha value is -2.63. The summed E-state index contributed by atoms with van der Waals surface area (Å²) in [5.41, 5.74) is 1.19. The number of aryl methyl sites for hydroxylation is 1. The predicted octanol–water partition coefficient (Wildman–Crippen LogP) is 4.24. The number of nitrogens with one attached hydrogen (secondary N) is 1. The van der Waals surface area contributed by atoms with E-state index in [1.54, 1.807) is 65.6 Å². The quantitative estimate of drug-likeness (QED) is 0.475. The van der Waals surface area contributed by atoms with Crippen LogP contribution in [0.5, 0.6) is 0 Å². The van der Waals surface area contributed by atoms with E-state index in [4.69, 9.17) is 23.2 Å². The summed E-state index contributed by atoms with van der Waals surface area (Å²) in [6, 6.07) is 13.4. The standard InChI is InChI=1S/C20H17Cl2N3O2/c21-15-8-6-14(7-9-15)19(26)17-4-1-2-5-18(17)20(27)23-10-3-11-25-13-16(22)12-24-25/h1-2,4-9,12-13H,3,10-11H2,(H,23,27). The van der Waals surface area contributed by atoms with Gasteiger partial charge in [0.05, 0.1) is 16.8 Å². The first-order valence-corrected chi connectivity index (χ1v) is 9.15. The molecule has 0 saturated carbocycles. The van der Waals surface area contributed by atoms with Crippen molar-refractivity contribution in [3.63, 3.8) is 0 Å². The molecule has 3 rings (SSSR count). The number of rotatable bonds is 7. The maximum absolute atomic E-state index is 12.8. The fourth-order valence-electron chi connectivity index (χ4n) is 2.63. The maximum Gasteiger partial charge on any atom is 0.252 e. The number of ketones is 1. The van der Waals surface area contributed by atoms with Crippen LogP contribution in [0.1, 0.15) is 32.7 Å². The smallest absolute Gasteiger partial charge is 0.252 e. The molecule has 0 bridgehead atoms. The number of amides is 1. The summed E-state index contributed by atoms with van der Waals surface area (Å²) < 4.78 is 1.71. The topological polar surface area (TPSA) is 64.0 Å². The zero-order valence-electron chi connectivity index (χ0n) is 14.4. The molecule has 27 heavy (non-hydrogen) atoms. The van der Waals surface area contributed by atoms with Crippen LogP contribution in [0.4, 0.5) is 0 Å². The van der Waals surface area contributed by atoms with Gasteiger partial charge in [0.1, 0.15) is 0 Å². The summed E-state index contributed by atoms with van der Waals surface area (Å²) in [6.07, 6.45) is 3.99. The minimum absolute atomic E-state index is 0.219. The van der Waals surface area contributed by atoms with Crippen LogP contribution in [-0.4, -0.2) is 28.0 Å². The molecular weight excluding hydrogens is 385 g/mol. The van der Waals surface area contributed by atoms with E-state index < -0.39 is 0 Å². The number of nitrogens with zero attached hydrogens (tertiary/aromatic N) is 2. The van der Waals surface area contributed by atoms with Gasteiger partial charge in [-0.05, 0) is 36.8 Å². The van der Waals surface area contributed by atoms with Crippen molar-refractivity contribution in [2.75, 3.05) is 6.54 Å². The summed E-state index contributed by atoms with van der Waals surface area (Å²) in [4.78, 5) is 25.3. The van der Waals surface area contributed by atoms with Gasteiger partial charge < -0.3 is 5.32 Å². The average Bonchev–Trinajstić information content (AvgIpc) is 3.10. The molecule has 0 unspecified atom stereocenters. The normalized spacial score (nSPS) is 10.6. The van der Waals surface area contributed by atoms with E-state index in [2.05, 4.69) is 10.4 Å². The molecule has 0 radical (unpaired) electrons. The van der Waals surface area contributed by atoms with Crippen LogP contribution >= 0.6 is 23.2 Å². The number of hydrogen-bond acceptors (Lipinski definition) is 3. The SMILES string of the molecule is O=C(NCCCn1cc(Cl)cn1)c1ccccc1C(=O)c1ccc(Cl)cc1. The highest BCUT2D eigenvalue weighted by Crippen LogP contribution is 2.17. The van der Waals surface area contributed by atoms with Gasteiger partial charge >= 0.3 is 0 Å². The Bertz CT molecular complexity index is 952. The summed E-state index contributed by atoms with van der Waals surface area (Å²) in [7, 11) is 0. The highest BCUT2D eigenvalue weighted by Gasteiger charge is 2.17. The van der Waals surface area contributed by atoms with Gasteiger partial charge in [0, 0.05) is 35.4 Å². The molecule has 138 valence electrons. The molecule has 3 aromatic rings. The lowest BCUT2D eigenvalue weighted by atomic mass is 9.98.